The number of likely N-dealkylation sites (tertiary alicyclic amines) is 1. The molecule has 12 heteroatoms. The molecule has 0 bridgehead atoms. The molecule has 0 unspecified atom stereocenters. The first-order valence-corrected chi connectivity index (χ1v) is 17.8. The predicted molar refractivity (Wildman–Crippen MR) is 185 cm³/mol. The van der Waals surface area contributed by atoms with Gasteiger partial charge in [0, 0.05) is 25.6 Å². The third kappa shape index (κ3) is 9.88. The third-order valence-electron chi connectivity index (χ3n) is 8.83. The maximum Gasteiger partial charge on any atom is 0.246 e. The van der Waals surface area contributed by atoms with Gasteiger partial charge in [-0.2, -0.15) is 0 Å². The van der Waals surface area contributed by atoms with Crippen LogP contribution in [0.15, 0.2) is 83.8 Å². The van der Waals surface area contributed by atoms with Crippen LogP contribution in [0.5, 0.6) is 5.75 Å². The molecule has 0 saturated carbocycles. The van der Waals surface area contributed by atoms with Gasteiger partial charge in [-0.25, -0.2) is 13.1 Å². The van der Waals surface area contributed by atoms with Crippen molar-refractivity contribution in [3.8, 4) is 5.75 Å². The quantitative estimate of drug-likeness (QED) is 0.194. The Morgan fingerprint density at radius 1 is 0.958 bits per heavy atom. The van der Waals surface area contributed by atoms with Gasteiger partial charge in [0.05, 0.1) is 18.0 Å². The van der Waals surface area contributed by atoms with Crippen molar-refractivity contribution in [2.24, 2.45) is 5.92 Å². The highest BCUT2D eigenvalue weighted by Gasteiger charge is 2.40. The average molecular weight is 678 g/mol. The maximum atomic E-state index is 14.2. The fourth-order valence-corrected chi connectivity index (χ4v) is 6.92. The number of amides is 3. The van der Waals surface area contributed by atoms with Crippen LogP contribution in [-0.4, -0.2) is 83.0 Å². The average Bonchev–Trinajstić information content (AvgIpc) is 3.24. The lowest BCUT2D eigenvalue weighted by molar-refractivity contribution is -0.143. The highest BCUT2D eigenvalue weighted by Crippen LogP contribution is 2.22. The van der Waals surface area contributed by atoms with Crippen LogP contribution in [0, 0.1) is 12.8 Å². The Morgan fingerprint density at radius 2 is 1.65 bits per heavy atom. The fraction of sp³-hybridized carbons (Fsp3) is 0.417. The van der Waals surface area contributed by atoms with Crippen LogP contribution in [0.4, 0.5) is 0 Å². The van der Waals surface area contributed by atoms with Crippen LogP contribution in [-0.2, 0) is 37.2 Å². The standard InChI is InChI=1S/C36H47N5O6S/c1-25-12-18-31(19-13-25)48(45,46)39-24-29-11-8-22-41(26(2)34(42)38-21-20-27-14-16-30(47-4)17-15-27)36(44)33(29)40-35(43)32(37-3)23-28-9-6-5-7-10-28/h5-7,9-10,12-19,26,29,32-33,37,39H,8,11,20-24H2,1-4H3,(H,38,42)(H,40,43)/t26-,29+,32+,33-/m0/s1. The number of nitrogens with zero attached hydrogens (tertiary/aromatic N) is 1. The Kier molecular flexibility index (Phi) is 13.1. The summed E-state index contributed by atoms with van der Waals surface area (Å²) in [6.45, 7) is 4.15. The molecule has 0 spiro atoms. The van der Waals surface area contributed by atoms with Crippen molar-refractivity contribution in [3.05, 3.63) is 95.6 Å². The molecule has 0 radical (unpaired) electrons. The van der Waals surface area contributed by atoms with E-state index in [0.29, 0.717) is 38.8 Å². The van der Waals surface area contributed by atoms with Crippen LogP contribution in [0.25, 0.3) is 0 Å². The zero-order chi connectivity index (χ0) is 34.7. The second-order valence-electron chi connectivity index (χ2n) is 12.2. The zero-order valence-electron chi connectivity index (χ0n) is 28.1. The summed E-state index contributed by atoms with van der Waals surface area (Å²) in [7, 11) is -0.587. The van der Waals surface area contributed by atoms with E-state index in [9.17, 15) is 22.8 Å². The van der Waals surface area contributed by atoms with Gasteiger partial charge in [-0.05, 0) is 82.0 Å². The maximum absolute atomic E-state index is 14.2. The van der Waals surface area contributed by atoms with Gasteiger partial charge >= 0.3 is 0 Å². The van der Waals surface area contributed by atoms with Gasteiger partial charge in [-0.3, -0.25) is 14.4 Å². The van der Waals surface area contributed by atoms with Crippen molar-refractivity contribution in [2.75, 3.05) is 33.8 Å². The van der Waals surface area contributed by atoms with Gasteiger partial charge < -0.3 is 25.6 Å². The molecular formula is C36H47N5O6S. The van der Waals surface area contributed by atoms with Crippen LogP contribution in [0.2, 0.25) is 0 Å². The first-order chi connectivity index (χ1) is 23.0. The number of aryl methyl sites for hydroxylation is 1. The molecule has 3 aromatic carbocycles. The van der Waals surface area contributed by atoms with Crippen molar-refractivity contribution in [1.29, 1.82) is 0 Å². The number of nitrogens with one attached hydrogen (secondary N) is 4. The SMILES string of the molecule is CN[C@H](Cc1ccccc1)C(=O)N[C@@H]1C(=O)N([C@@H](C)C(=O)NCCc2ccc(OC)cc2)CCC[C@@H]1CNS(=O)(=O)c1ccc(C)cc1. The van der Waals surface area contributed by atoms with Crippen molar-refractivity contribution < 1.29 is 27.5 Å². The highest BCUT2D eigenvalue weighted by atomic mass is 32.2. The van der Waals surface area contributed by atoms with Gasteiger partial charge in [0.2, 0.25) is 27.7 Å². The summed E-state index contributed by atoms with van der Waals surface area (Å²) in [6, 6.07) is 21.1. The van der Waals surface area contributed by atoms with Crippen LogP contribution >= 0.6 is 0 Å². The van der Waals surface area contributed by atoms with Crippen molar-refractivity contribution >= 4 is 27.7 Å². The molecule has 3 amide bonds. The molecule has 258 valence electrons. The molecule has 4 atom stereocenters. The number of carbonyl (C=O) groups is 3. The molecule has 1 aliphatic rings. The minimum atomic E-state index is -3.87. The minimum Gasteiger partial charge on any atom is -0.497 e. The lowest BCUT2D eigenvalue weighted by Gasteiger charge is -2.32. The molecule has 4 rings (SSSR count). The van der Waals surface area contributed by atoms with Crippen molar-refractivity contribution in [1.82, 2.24) is 25.6 Å². The molecule has 11 nitrogen and oxygen atoms in total. The second-order valence-corrected chi connectivity index (χ2v) is 13.9. The monoisotopic (exact) mass is 677 g/mol. The van der Waals surface area contributed by atoms with Crippen LogP contribution in [0.3, 0.4) is 0 Å². The number of benzene rings is 3. The molecule has 48 heavy (non-hydrogen) atoms. The van der Waals surface area contributed by atoms with E-state index in [0.717, 1.165) is 22.4 Å². The lowest BCUT2D eigenvalue weighted by atomic mass is 9.94. The second kappa shape index (κ2) is 17.2. The summed E-state index contributed by atoms with van der Waals surface area (Å²) in [5.41, 5.74) is 2.91. The number of carbonyl (C=O) groups excluding carboxylic acids is 3. The number of rotatable bonds is 15. The fourth-order valence-electron chi connectivity index (χ4n) is 5.82. The van der Waals surface area contributed by atoms with E-state index in [-0.39, 0.29) is 23.3 Å². The number of hydrogen-bond acceptors (Lipinski definition) is 7. The number of ether oxygens (including phenoxy) is 1. The van der Waals surface area contributed by atoms with E-state index >= 15 is 0 Å². The molecule has 0 aliphatic carbocycles. The molecule has 0 aromatic heterocycles. The van der Waals surface area contributed by atoms with E-state index in [1.54, 1.807) is 33.2 Å². The summed E-state index contributed by atoms with van der Waals surface area (Å²) >= 11 is 0. The number of likely N-dealkylation sites (N-methyl/N-ethyl adjacent to an activating group) is 1. The Hall–Kier alpha value is -4.26. The summed E-state index contributed by atoms with van der Waals surface area (Å²) < 4.78 is 34.2. The van der Waals surface area contributed by atoms with Crippen LogP contribution in [0.1, 0.15) is 36.5 Å². The van der Waals surface area contributed by atoms with E-state index in [1.807, 2.05) is 61.5 Å². The van der Waals surface area contributed by atoms with E-state index in [4.69, 9.17) is 4.74 Å². The Labute approximate surface area is 283 Å². The Bertz CT molecular complexity index is 1620. The van der Waals surface area contributed by atoms with Crippen molar-refractivity contribution in [2.45, 2.75) is 62.6 Å². The summed E-state index contributed by atoms with van der Waals surface area (Å²) in [5, 5.41) is 8.92. The number of methoxy groups -OCH3 is 1. The first-order valence-electron chi connectivity index (χ1n) is 16.3. The lowest BCUT2D eigenvalue weighted by Crippen LogP contribution is -2.59. The van der Waals surface area contributed by atoms with E-state index < -0.39 is 40.0 Å². The molecule has 1 fully saturated rings. The molecule has 1 heterocycles. The summed E-state index contributed by atoms with van der Waals surface area (Å²) in [4.78, 5) is 42.8. The number of sulfonamides is 1. The van der Waals surface area contributed by atoms with Gasteiger partial charge in [-0.1, -0.05) is 60.2 Å². The molecule has 1 aliphatic heterocycles. The van der Waals surface area contributed by atoms with E-state index in [2.05, 4.69) is 20.7 Å². The van der Waals surface area contributed by atoms with E-state index in [1.165, 1.54) is 17.0 Å². The normalized spacial score (nSPS) is 18.0. The van der Waals surface area contributed by atoms with Gasteiger partial charge in [0.15, 0.2) is 0 Å². The molecule has 3 aromatic rings. The summed E-state index contributed by atoms with van der Waals surface area (Å²) in [6.07, 6.45) is 1.98. The highest BCUT2D eigenvalue weighted by molar-refractivity contribution is 7.89. The Morgan fingerprint density at radius 3 is 2.29 bits per heavy atom. The molecular weight excluding hydrogens is 630 g/mol. The van der Waals surface area contributed by atoms with Gasteiger partial charge in [0.1, 0.15) is 17.8 Å². The summed E-state index contributed by atoms with van der Waals surface area (Å²) in [5.74, 6) is -0.916. The largest absolute Gasteiger partial charge is 0.497 e. The molecule has 4 N–H and O–H groups in total. The van der Waals surface area contributed by atoms with Gasteiger partial charge in [0.25, 0.3) is 0 Å². The van der Waals surface area contributed by atoms with Gasteiger partial charge in [-0.15, -0.1) is 0 Å². The number of hydrogen-bond donors (Lipinski definition) is 4. The zero-order valence-corrected chi connectivity index (χ0v) is 28.9. The first kappa shape index (κ1) is 36.6. The molecule has 1 saturated heterocycles. The minimum absolute atomic E-state index is 0.0634. The van der Waals surface area contributed by atoms with Crippen LogP contribution < -0.4 is 25.4 Å². The smallest absolute Gasteiger partial charge is 0.246 e. The predicted octanol–water partition coefficient (Wildman–Crippen LogP) is 2.58. The third-order valence-corrected chi connectivity index (χ3v) is 10.3. The Balaban J connectivity index is 1.49. The van der Waals surface area contributed by atoms with Crippen molar-refractivity contribution in [3.63, 3.8) is 0 Å². The topological polar surface area (TPSA) is 146 Å².